The van der Waals surface area contributed by atoms with Gasteiger partial charge in [-0.2, -0.15) is 0 Å². The average molecular weight is 339 g/mol. The van der Waals surface area contributed by atoms with Crippen molar-refractivity contribution in [3.8, 4) is 5.88 Å². The summed E-state index contributed by atoms with van der Waals surface area (Å²) in [5.41, 5.74) is 1.44. The normalized spacial score (nSPS) is 10.2. The van der Waals surface area contributed by atoms with E-state index in [2.05, 4.69) is 26.2 Å². The van der Waals surface area contributed by atoms with Gasteiger partial charge in [0.1, 0.15) is 11.4 Å². The summed E-state index contributed by atoms with van der Waals surface area (Å²) in [6.45, 7) is 1.78. The number of halogens is 2. The van der Waals surface area contributed by atoms with E-state index in [0.29, 0.717) is 10.2 Å². The van der Waals surface area contributed by atoms with Gasteiger partial charge in [0.15, 0.2) is 0 Å². The second-order valence-corrected chi connectivity index (χ2v) is 4.95. The summed E-state index contributed by atoms with van der Waals surface area (Å²) in [6, 6.07) is 6.09. The monoisotopic (exact) mass is 338 g/mol. The van der Waals surface area contributed by atoms with Gasteiger partial charge in [0.2, 0.25) is 5.88 Å². The Morgan fingerprint density at radius 2 is 2.20 bits per heavy atom. The first-order valence-corrected chi connectivity index (χ1v) is 6.58. The van der Waals surface area contributed by atoms with Gasteiger partial charge < -0.3 is 10.1 Å². The third-order valence-corrected chi connectivity index (χ3v) is 3.33. The second kappa shape index (κ2) is 6.00. The number of rotatable bonds is 3. The molecule has 0 fully saturated rings. The molecule has 20 heavy (non-hydrogen) atoms. The van der Waals surface area contributed by atoms with Gasteiger partial charge >= 0.3 is 0 Å². The topological polar surface area (TPSA) is 51.2 Å². The summed E-state index contributed by atoms with van der Waals surface area (Å²) >= 11 is 3.10. The molecule has 1 amide bonds. The van der Waals surface area contributed by atoms with Crippen LogP contribution in [0.2, 0.25) is 0 Å². The van der Waals surface area contributed by atoms with Crippen LogP contribution >= 0.6 is 15.9 Å². The fourth-order valence-electron chi connectivity index (χ4n) is 1.70. The molecule has 4 nitrogen and oxygen atoms in total. The molecule has 0 aliphatic heterocycles. The first-order chi connectivity index (χ1) is 9.52. The summed E-state index contributed by atoms with van der Waals surface area (Å²) in [5.74, 6) is -0.621. The van der Waals surface area contributed by atoms with Gasteiger partial charge in [0.25, 0.3) is 5.91 Å². The summed E-state index contributed by atoms with van der Waals surface area (Å²) in [7, 11) is 1.43. The van der Waals surface area contributed by atoms with E-state index in [-0.39, 0.29) is 11.4 Å². The lowest BCUT2D eigenvalue weighted by molar-refractivity contribution is 0.102. The lowest BCUT2D eigenvalue weighted by Gasteiger charge is -2.11. The van der Waals surface area contributed by atoms with Crippen molar-refractivity contribution in [3.63, 3.8) is 0 Å². The summed E-state index contributed by atoms with van der Waals surface area (Å²) in [4.78, 5) is 16.1. The van der Waals surface area contributed by atoms with Crippen LogP contribution in [0, 0.1) is 12.7 Å². The molecular weight excluding hydrogens is 327 g/mol. The molecule has 0 saturated heterocycles. The molecule has 1 N–H and O–H groups in total. The van der Waals surface area contributed by atoms with E-state index >= 15 is 0 Å². The molecular formula is C14H12BrFN2O2. The van der Waals surface area contributed by atoms with Gasteiger partial charge in [-0.15, -0.1) is 0 Å². The van der Waals surface area contributed by atoms with Crippen LogP contribution in [0.5, 0.6) is 5.88 Å². The number of methoxy groups -OCH3 is 1. The standard InChI is InChI=1S/C14H12BrFN2O2/c1-8-6-10(15)11(16)7-12(8)18-13(19)9-4-3-5-17-14(9)20-2/h3-7H,1-2H3,(H,18,19). The van der Waals surface area contributed by atoms with Gasteiger partial charge in [0, 0.05) is 11.9 Å². The third kappa shape index (κ3) is 2.96. The minimum Gasteiger partial charge on any atom is -0.480 e. The highest BCUT2D eigenvalue weighted by molar-refractivity contribution is 9.10. The predicted molar refractivity (Wildman–Crippen MR) is 77.6 cm³/mol. The minimum absolute atomic E-state index is 0.222. The van der Waals surface area contributed by atoms with Crippen LogP contribution in [-0.2, 0) is 0 Å². The van der Waals surface area contributed by atoms with Crippen LogP contribution in [0.25, 0.3) is 0 Å². The van der Waals surface area contributed by atoms with E-state index in [4.69, 9.17) is 4.74 Å². The Bertz CT molecular complexity index is 662. The Kier molecular flexibility index (Phi) is 4.34. The first kappa shape index (κ1) is 14.5. The molecule has 0 saturated carbocycles. The average Bonchev–Trinajstić information content (AvgIpc) is 2.44. The molecule has 0 radical (unpaired) electrons. The molecule has 0 spiro atoms. The van der Waals surface area contributed by atoms with Gasteiger partial charge in [-0.3, -0.25) is 4.79 Å². The highest BCUT2D eigenvalue weighted by Gasteiger charge is 2.15. The van der Waals surface area contributed by atoms with E-state index in [9.17, 15) is 9.18 Å². The fraction of sp³-hybridized carbons (Fsp3) is 0.143. The Labute approximate surface area is 124 Å². The van der Waals surface area contributed by atoms with Crippen molar-refractivity contribution < 1.29 is 13.9 Å². The van der Waals surface area contributed by atoms with Gasteiger partial charge in [0.05, 0.1) is 11.6 Å². The number of benzene rings is 1. The maximum absolute atomic E-state index is 13.5. The van der Waals surface area contributed by atoms with Crippen LogP contribution < -0.4 is 10.1 Å². The number of anilines is 1. The number of ether oxygens (including phenoxy) is 1. The number of aryl methyl sites for hydroxylation is 1. The lowest BCUT2D eigenvalue weighted by atomic mass is 10.2. The van der Waals surface area contributed by atoms with Crippen LogP contribution in [0.1, 0.15) is 15.9 Å². The van der Waals surface area contributed by atoms with Crippen LogP contribution in [0.3, 0.4) is 0 Å². The summed E-state index contributed by atoms with van der Waals surface area (Å²) in [6.07, 6.45) is 1.53. The van der Waals surface area contributed by atoms with E-state index < -0.39 is 11.7 Å². The Hall–Kier alpha value is -1.95. The number of hydrogen-bond donors (Lipinski definition) is 1. The highest BCUT2D eigenvalue weighted by Crippen LogP contribution is 2.25. The zero-order valence-corrected chi connectivity index (χ0v) is 12.5. The van der Waals surface area contributed by atoms with Gasteiger partial charge in [-0.1, -0.05) is 0 Å². The first-order valence-electron chi connectivity index (χ1n) is 5.79. The van der Waals surface area contributed by atoms with E-state index in [0.717, 1.165) is 5.56 Å². The molecule has 1 aromatic carbocycles. The molecule has 1 heterocycles. The van der Waals surface area contributed by atoms with Crippen molar-refractivity contribution in [2.24, 2.45) is 0 Å². The van der Waals surface area contributed by atoms with Crippen molar-refractivity contribution in [1.29, 1.82) is 0 Å². The molecule has 6 heteroatoms. The fourth-order valence-corrected chi connectivity index (χ4v) is 2.15. The van der Waals surface area contributed by atoms with E-state index in [1.807, 2.05) is 0 Å². The van der Waals surface area contributed by atoms with Gasteiger partial charge in [-0.05, 0) is 52.7 Å². The molecule has 0 unspecified atom stereocenters. The molecule has 0 atom stereocenters. The smallest absolute Gasteiger partial charge is 0.261 e. The Morgan fingerprint density at radius 1 is 1.45 bits per heavy atom. The van der Waals surface area contributed by atoms with Crippen LogP contribution in [0.4, 0.5) is 10.1 Å². The highest BCUT2D eigenvalue weighted by atomic mass is 79.9. The van der Waals surface area contributed by atoms with Gasteiger partial charge in [-0.25, -0.2) is 9.37 Å². The Balaban J connectivity index is 2.30. The number of aromatic nitrogens is 1. The van der Waals surface area contributed by atoms with Crippen molar-refractivity contribution in [3.05, 3.63) is 51.9 Å². The van der Waals surface area contributed by atoms with Crippen molar-refractivity contribution in [2.45, 2.75) is 6.92 Å². The zero-order valence-electron chi connectivity index (χ0n) is 10.9. The lowest BCUT2D eigenvalue weighted by Crippen LogP contribution is -2.14. The predicted octanol–water partition coefficient (Wildman–Crippen LogP) is 3.55. The SMILES string of the molecule is COc1ncccc1C(=O)Nc1cc(F)c(Br)cc1C. The third-order valence-electron chi connectivity index (χ3n) is 2.72. The zero-order chi connectivity index (χ0) is 14.7. The number of nitrogens with zero attached hydrogens (tertiary/aromatic N) is 1. The summed E-state index contributed by atoms with van der Waals surface area (Å²) < 4.78 is 18.9. The molecule has 0 bridgehead atoms. The van der Waals surface area contributed by atoms with Crippen LogP contribution in [0.15, 0.2) is 34.9 Å². The molecule has 2 aromatic rings. The number of pyridine rings is 1. The molecule has 0 aliphatic carbocycles. The quantitative estimate of drug-likeness (QED) is 0.930. The van der Waals surface area contributed by atoms with E-state index in [1.165, 1.54) is 19.4 Å². The second-order valence-electron chi connectivity index (χ2n) is 4.10. The number of carbonyl (C=O) groups is 1. The largest absolute Gasteiger partial charge is 0.480 e. The molecule has 104 valence electrons. The molecule has 1 aromatic heterocycles. The van der Waals surface area contributed by atoms with Crippen LogP contribution in [-0.4, -0.2) is 18.0 Å². The molecule has 2 rings (SSSR count). The number of hydrogen-bond acceptors (Lipinski definition) is 3. The maximum Gasteiger partial charge on any atom is 0.261 e. The number of amides is 1. The van der Waals surface area contributed by atoms with Crippen molar-refractivity contribution in [2.75, 3.05) is 12.4 Å². The van der Waals surface area contributed by atoms with Crippen molar-refractivity contribution >= 4 is 27.5 Å². The molecule has 0 aliphatic rings. The summed E-state index contributed by atoms with van der Waals surface area (Å²) in [5, 5.41) is 2.65. The maximum atomic E-state index is 13.5. The number of nitrogens with one attached hydrogen (secondary N) is 1. The number of carbonyl (C=O) groups excluding carboxylic acids is 1. The van der Waals surface area contributed by atoms with E-state index in [1.54, 1.807) is 25.1 Å². The van der Waals surface area contributed by atoms with Crippen molar-refractivity contribution in [1.82, 2.24) is 4.98 Å². The Morgan fingerprint density at radius 3 is 2.90 bits per heavy atom. The minimum atomic E-state index is -0.441.